The van der Waals surface area contributed by atoms with Crippen LogP contribution < -0.4 is 0 Å². The molecule has 3 aliphatic heterocycles. The number of hydrogen-bond donors (Lipinski definition) is 0. The molecule has 0 saturated carbocycles. The molecule has 1 aromatic rings. The van der Waals surface area contributed by atoms with E-state index in [-0.39, 0.29) is 17.9 Å². The van der Waals surface area contributed by atoms with E-state index in [1.165, 1.54) is 18.4 Å². The third-order valence-corrected chi connectivity index (χ3v) is 5.16. The third-order valence-electron chi connectivity index (χ3n) is 5.16. The summed E-state index contributed by atoms with van der Waals surface area (Å²) in [4.78, 5) is 6.19. The Balaban J connectivity index is 1.69. The van der Waals surface area contributed by atoms with Crippen LogP contribution in [0.1, 0.15) is 43.7 Å². The maximum absolute atomic E-state index is 9.19. The molecule has 4 nitrogen and oxygen atoms in total. The highest BCUT2D eigenvalue weighted by Gasteiger charge is 2.68. The fourth-order valence-electron chi connectivity index (χ4n) is 4.09. The summed E-state index contributed by atoms with van der Waals surface area (Å²) in [6.07, 6.45) is 8.58. The first-order valence-corrected chi connectivity index (χ1v) is 8.08. The molecule has 0 aromatic heterocycles. The monoisotopic (exact) mass is 296 g/mol. The second kappa shape index (κ2) is 5.12. The van der Waals surface area contributed by atoms with Crippen LogP contribution in [0.3, 0.4) is 0 Å². The number of fused-ring (bicyclic) bond motifs is 4. The van der Waals surface area contributed by atoms with Crippen molar-refractivity contribution in [1.29, 1.82) is 5.26 Å². The highest BCUT2D eigenvalue weighted by atomic mass is 16.7. The first-order chi connectivity index (χ1) is 10.8. The van der Waals surface area contributed by atoms with E-state index in [0.717, 1.165) is 12.8 Å². The summed E-state index contributed by atoms with van der Waals surface area (Å²) in [7, 11) is 0. The molecule has 2 fully saturated rings. The fourth-order valence-corrected chi connectivity index (χ4v) is 4.09. The number of hydrogen-bond acceptors (Lipinski definition) is 4. The lowest BCUT2D eigenvalue weighted by Gasteiger charge is -2.54. The molecule has 1 aromatic carbocycles. The molecule has 0 radical (unpaired) electrons. The van der Waals surface area contributed by atoms with Gasteiger partial charge in [-0.2, -0.15) is 5.26 Å². The normalized spacial score (nSPS) is 35.4. The van der Waals surface area contributed by atoms with Crippen LogP contribution in [-0.2, 0) is 15.1 Å². The highest BCUT2D eigenvalue weighted by Crippen LogP contribution is 2.60. The van der Waals surface area contributed by atoms with Gasteiger partial charge < -0.3 is 4.74 Å². The molecule has 0 N–H and O–H groups in total. The van der Waals surface area contributed by atoms with Crippen molar-refractivity contribution in [3.05, 3.63) is 47.7 Å². The van der Waals surface area contributed by atoms with Gasteiger partial charge in [0, 0.05) is 6.42 Å². The summed E-state index contributed by atoms with van der Waals surface area (Å²) in [5.74, 6) is 0.313. The Morgan fingerprint density at radius 3 is 3.18 bits per heavy atom. The van der Waals surface area contributed by atoms with Crippen molar-refractivity contribution in [2.24, 2.45) is 5.92 Å². The Morgan fingerprint density at radius 2 is 2.36 bits per heavy atom. The lowest BCUT2D eigenvalue weighted by molar-refractivity contribution is -0.344. The van der Waals surface area contributed by atoms with E-state index in [4.69, 9.17) is 9.57 Å². The first-order valence-electron chi connectivity index (χ1n) is 8.08. The topological polar surface area (TPSA) is 45.5 Å². The Morgan fingerprint density at radius 1 is 1.45 bits per heavy atom. The lowest BCUT2D eigenvalue weighted by atomic mass is 9.67. The molecule has 114 valence electrons. The summed E-state index contributed by atoms with van der Waals surface area (Å²) in [5.41, 5.74) is 1.71. The molecule has 3 heterocycles. The molecule has 4 heteroatoms. The quantitative estimate of drug-likeness (QED) is 0.853. The molecule has 2 saturated heterocycles. The molecule has 0 amide bonds. The minimum Gasteiger partial charge on any atom is -0.480 e. The summed E-state index contributed by atoms with van der Waals surface area (Å²) < 4.78 is 5.68. The summed E-state index contributed by atoms with van der Waals surface area (Å²) in [6.45, 7) is 2.20. The van der Waals surface area contributed by atoms with Crippen molar-refractivity contribution in [2.75, 3.05) is 0 Å². The summed E-state index contributed by atoms with van der Waals surface area (Å²) >= 11 is 0. The minimum absolute atomic E-state index is 0.00244. The van der Waals surface area contributed by atoms with Crippen LogP contribution in [0.5, 0.6) is 0 Å². The molecule has 3 aliphatic rings. The molecule has 0 bridgehead atoms. The standard InChI is InChI=1S/C18H20N2O2/c1-2-3-7-15-11-18(14-6-4-5-13(10-14)12-19)16-8-9-21-17(16)20(18)22-15/h4-6,8-10,15-17H,2-3,7,11H2,1H3/t15-,16-,17+,18-/m1/s1. The van der Waals surface area contributed by atoms with Gasteiger partial charge in [-0.05, 0) is 30.2 Å². The number of ether oxygens (including phenoxy) is 1. The lowest BCUT2D eigenvalue weighted by Crippen LogP contribution is -2.65. The second-order valence-electron chi connectivity index (χ2n) is 6.40. The van der Waals surface area contributed by atoms with Gasteiger partial charge in [0.1, 0.15) is 0 Å². The minimum atomic E-state index is -0.164. The Kier molecular flexibility index (Phi) is 3.21. The van der Waals surface area contributed by atoms with Crippen molar-refractivity contribution >= 4 is 0 Å². The Bertz CT molecular complexity index is 651. The van der Waals surface area contributed by atoms with E-state index in [1.807, 2.05) is 23.3 Å². The smallest absolute Gasteiger partial charge is 0.182 e. The van der Waals surface area contributed by atoms with Crippen molar-refractivity contribution in [1.82, 2.24) is 5.06 Å². The highest BCUT2D eigenvalue weighted by molar-refractivity contribution is 5.40. The van der Waals surface area contributed by atoms with Crippen LogP contribution in [0, 0.1) is 17.2 Å². The van der Waals surface area contributed by atoms with Gasteiger partial charge in [0.25, 0.3) is 0 Å². The number of unbranched alkanes of at least 4 members (excludes halogenated alkanes) is 1. The number of benzene rings is 1. The molecule has 4 rings (SSSR count). The van der Waals surface area contributed by atoms with Gasteiger partial charge in [-0.15, -0.1) is 5.06 Å². The van der Waals surface area contributed by atoms with E-state index < -0.39 is 0 Å². The Hall–Kier alpha value is -1.83. The predicted octanol–water partition coefficient (Wildman–Crippen LogP) is 3.45. The predicted molar refractivity (Wildman–Crippen MR) is 81.2 cm³/mol. The van der Waals surface area contributed by atoms with Crippen LogP contribution in [-0.4, -0.2) is 17.4 Å². The van der Waals surface area contributed by atoms with Gasteiger partial charge >= 0.3 is 0 Å². The molecule has 0 unspecified atom stereocenters. The van der Waals surface area contributed by atoms with E-state index in [1.54, 1.807) is 6.26 Å². The van der Waals surface area contributed by atoms with Crippen molar-refractivity contribution in [2.45, 2.75) is 50.5 Å². The molecule has 0 spiro atoms. The summed E-state index contributed by atoms with van der Waals surface area (Å²) in [5, 5.41) is 11.2. The van der Waals surface area contributed by atoms with Crippen LogP contribution in [0.4, 0.5) is 0 Å². The average molecular weight is 296 g/mol. The van der Waals surface area contributed by atoms with Gasteiger partial charge in [0.05, 0.1) is 35.5 Å². The third kappa shape index (κ3) is 1.76. The number of nitriles is 1. The second-order valence-corrected chi connectivity index (χ2v) is 6.40. The van der Waals surface area contributed by atoms with Crippen molar-refractivity contribution in [3.63, 3.8) is 0 Å². The molecule has 22 heavy (non-hydrogen) atoms. The largest absolute Gasteiger partial charge is 0.480 e. The zero-order valence-electron chi connectivity index (χ0n) is 12.7. The van der Waals surface area contributed by atoms with E-state index >= 15 is 0 Å². The molecular weight excluding hydrogens is 276 g/mol. The van der Waals surface area contributed by atoms with Crippen LogP contribution >= 0.6 is 0 Å². The van der Waals surface area contributed by atoms with E-state index in [0.29, 0.717) is 11.5 Å². The number of rotatable bonds is 4. The van der Waals surface area contributed by atoms with Crippen LogP contribution in [0.15, 0.2) is 36.6 Å². The van der Waals surface area contributed by atoms with Gasteiger partial charge in [-0.1, -0.05) is 31.9 Å². The fraction of sp³-hybridized carbons (Fsp3) is 0.500. The molecular formula is C18H20N2O2. The SMILES string of the molecule is CCCC[C@@H]1C[C@@]2(c3cccc(C#N)c3)[C@@H]3C=CO[C@@H]3N2O1. The van der Waals surface area contributed by atoms with Gasteiger partial charge in [-0.3, -0.25) is 4.84 Å². The Labute approximate surface area is 130 Å². The first kappa shape index (κ1) is 13.8. The zero-order valence-corrected chi connectivity index (χ0v) is 12.7. The van der Waals surface area contributed by atoms with Crippen LogP contribution in [0.2, 0.25) is 0 Å². The molecule has 4 atom stereocenters. The van der Waals surface area contributed by atoms with Gasteiger partial charge in [-0.25, -0.2) is 0 Å². The van der Waals surface area contributed by atoms with Gasteiger partial charge in [0.2, 0.25) is 0 Å². The maximum Gasteiger partial charge on any atom is 0.182 e. The van der Waals surface area contributed by atoms with Crippen LogP contribution in [0.25, 0.3) is 0 Å². The van der Waals surface area contributed by atoms with E-state index in [9.17, 15) is 5.26 Å². The number of hydroxylamine groups is 2. The van der Waals surface area contributed by atoms with Gasteiger partial charge in [0.15, 0.2) is 6.23 Å². The van der Waals surface area contributed by atoms with Crippen molar-refractivity contribution in [3.8, 4) is 6.07 Å². The molecule has 0 aliphatic carbocycles. The zero-order chi connectivity index (χ0) is 15.2. The number of nitrogens with zero attached hydrogens (tertiary/aromatic N) is 2. The average Bonchev–Trinajstić information content (AvgIpc) is 3.12. The maximum atomic E-state index is 9.19. The van der Waals surface area contributed by atoms with Crippen molar-refractivity contribution < 1.29 is 9.57 Å². The summed E-state index contributed by atoms with van der Waals surface area (Å²) in [6, 6.07) is 10.2. The van der Waals surface area contributed by atoms with E-state index in [2.05, 4.69) is 25.1 Å².